The highest BCUT2D eigenvalue weighted by atomic mass is 16.5. The lowest BCUT2D eigenvalue weighted by molar-refractivity contribution is -0.141. The van der Waals surface area contributed by atoms with Crippen LogP contribution in [0.15, 0.2) is 30.3 Å². The molecule has 1 rings (SSSR count). The maximum absolute atomic E-state index is 11.9. The molecule has 1 aromatic rings. The van der Waals surface area contributed by atoms with E-state index < -0.39 is 18.0 Å². The Bertz CT molecular complexity index is 433. The van der Waals surface area contributed by atoms with Crippen molar-refractivity contribution in [3.63, 3.8) is 0 Å². The van der Waals surface area contributed by atoms with Crippen LogP contribution in [0.25, 0.3) is 0 Å². The normalized spacial score (nSPS) is 13.3. The third-order valence-electron chi connectivity index (χ3n) is 2.98. The van der Waals surface area contributed by atoms with Crippen molar-refractivity contribution in [1.82, 2.24) is 5.32 Å². The Balaban J connectivity index is 2.41. The molecular formula is C15H21NO4. The molecule has 1 amide bonds. The molecule has 0 saturated heterocycles. The molecule has 0 radical (unpaired) electrons. The second-order valence-electron chi connectivity index (χ2n) is 4.65. The van der Waals surface area contributed by atoms with Gasteiger partial charge in [-0.15, -0.1) is 0 Å². The summed E-state index contributed by atoms with van der Waals surface area (Å²) in [6, 6.07) is 9.15. The maximum atomic E-state index is 11.9. The van der Waals surface area contributed by atoms with Gasteiger partial charge in [0.05, 0.1) is 5.92 Å². The van der Waals surface area contributed by atoms with Gasteiger partial charge in [-0.3, -0.25) is 9.59 Å². The average molecular weight is 279 g/mol. The topological polar surface area (TPSA) is 75.6 Å². The first-order valence-electron chi connectivity index (χ1n) is 6.76. The smallest absolute Gasteiger partial charge is 0.306 e. The number of carbonyl (C=O) groups is 2. The molecule has 2 unspecified atom stereocenters. The molecule has 110 valence electrons. The van der Waals surface area contributed by atoms with Crippen LogP contribution in [0.4, 0.5) is 0 Å². The number of benzene rings is 1. The highest BCUT2D eigenvalue weighted by Crippen LogP contribution is 2.12. The summed E-state index contributed by atoms with van der Waals surface area (Å²) in [4.78, 5) is 22.6. The Morgan fingerprint density at radius 3 is 2.50 bits per heavy atom. The van der Waals surface area contributed by atoms with Crippen molar-refractivity contribution in [2.75, 3.05) is 6.54 Å². The summed E-state index contributed by atoms with van der Waals surface area (Å²) in [5.41, 5.74) is 0. The third-order valence-corrected chi connectivity index (χ3v) is 2.98. The monoisotopic (exact) mass is 279 g/mol. The molecule has 5 nitrogen and oxygen atoms in total. The van der Waals surface area contributed by atoms with Gasteiger partial charge in [-0.2, -0.15) is 0 Å². The summed E-state index contributed by atoms with van der Waals surface area (Å²) in [6.07, 6.45) is 0.399. The molecule has 0 fully saturated rings. The van der Waals surface area contributed by atoms with Gasteiger partial charge in [0, 0.05) is 6.54 Å². The van der Waals surface area contributed by atoms with Crippen molar-refractivity contribution in [3.8, 4) is 5.75 Å². The van der Waals surface area contributed by atoms with Gasteiger partial charge < -0.3 is 15.2 Å². The van der Waals surface area contributed by atoms with Gasteiger partial charge in [0.2, 0.25) is 0 Å². The van der Waals surface area contributed by atoms with Crippen LogP contribution in [-0.2, 0) is 9.59 Å². The minimum Gasteiger partial charge on any atom is -0.481 e. The average Bonchev–Trinajstić information content (AvgIpc) is 2.45. The number of carboxylic acids is 1. The van der Waals surface area contributed by atoms with E-state index in [2.05, 4.69) is 5.32 Å². The summed E-state index contributed by atoms with van der Waals surface area (Å²) >= 11 is 0. The van der Waals surface area contributed by atoms with Crippen LogP contribution in [0.5, 0.6) is 5.75 Å². The number of carbonyl (C=O) groups excluding carboxylic acids is 1. The highest BCUT2D eigenvalue weighted by Gasteiger charge is 2.18. The first-order chi connectivity index (χ1) is 9.54. The standard InChI is InChI=1S/C15H21NO4/c1-3-13(20-12-7-5-4-6-8-12)14(17)16-10-9-11(2)15(18)19/h4-8,11,13H,3,9-10H2,1-2H3,(H,16,17)(H,18,19). The van der Waals surface area contributed by atoms with Gasteiger partial charge in [0.1, 0.15) is 5.75 Å². The summed E-state index contributed by atoms with van der Waals surface area (Å²) < 4.78 is 5.60. The molecule has 5 heteroatoms. The zero-order valence-corrected chi connectivity index (χ0v) is 11.8. The van der Waals surface area contributed by atoms with E-state index in [1.54, 1.807) is 19.1 Å². The van der Waals surface area contributed by atoms with Gasteiger partial charge in [0.25, 0.3) is 5.91 Å². The number of aliphatic carboxylic acids is 1. The Hall–Kier alpha value is -2.04. The molecule has 0 bridgehead atoms. The number of hydrogen-bond acceptors (Lipinski definition) is 3. The van der Waals surface area contributed by atoms with Gasteiger partial charge in [0.15, 0.2) is 6.10 Å². The van der Waals surface area contributed by atoms with E-state index in [1.165, 1.54) is 0 Å². The Labute approximate surface area is 118 Å². The molecule has 0 saturated carbocycles. The number of hydrogen-bond donors (Lipinski definition) is 2. The number of amides is 1. The van der Waals surface area contributed by atoms with E-state index in [0.29, 0.717) is 25.1 Å². The molecule has 1 aromatic carbocycles. The van der Waals surface area contributed by atoms with Gasteiger partial charge in [-0.1, -0.05) is 32.0 Å². The summed E-state index contributed by atoms with van der Waals surface area (Å²) in [7, 11) is 0. The Kier molecular flexibility index (Phi) is 6.56. The molecule has 0 aliphatic carbocycles. The minimum absolute atomic E-state index is 0.214. The lowest BCUT2D eigenvalue weighted by Crippen LogP contribution is -2.39. The molecule has 2 atom stereocenters. The fraction of sp³-hybridized carbons (Fsp3) is 0.467. The Morgan fingerprint density at radius 2 is 1.95 bits per heavy atom. The number of carboxylic acid groups (broad SMARTS) is 1. The molecule has 20 heavy (non-hydrogen) atoms. The highest BCUT2D eigenvalue weighted by molar-refractivity contribution is 5.81. The predicted molar refractivity (Wildman–Crippen MR) is 75.6 cm³/mol. The van der Waals surface area contributed by atoms with Crippen LogP contribution in [0.3, 0.4) is 0 Å². The lowest BCUT2D eigenvalue weighted by Gasteiger charge is -2.17. The largest absolute Gasteiger partial charge is 0.481 e. The zero-order chi connectivity index (χ0) is 15.0. The van der Waals surface area contributed by atoms with Crippen LogP contribution >= 0.6 is 0 Å². The van der Waals surface area contributed by atoms with Crippen molar-refractivity contribution in [2.45, 2.75) is 32.8 Å². The van der Waals surface area contributed by atoms with Gasteiger partial charge in [-0.25, -0.2) is 0 Å². The molecule has 2 N–H and O–H groups in total. The summed E-state index contributed by atoms with van der Waals surface area (Å²) in [5.74, 6) is -0.889. The van der Waals surface area contributed by atoms with Crippen molar-refractivity contribution in [2.24, 2.45) is 5.92 Å². The van der Waals surface area contributed by atoms with E-state index in [1.807, 2.05) is 25.1 Å². The number of nitrogens with one attached hydrogen (secondary N) is 1. The SMILES string of the molecule is CCC(Oc1ccccc1)C(=O)NCCC(C)C(=O)O. The first kappa shape index (κ1) is 16.0. The summed E-state index contributed by atoms with van der Waals surface area (Å²) in [5, 5.41) is 11.5. The minimum atomic E-state index is -0.855. The molecule has 0 aliphatic rings. The lowest BCUT2D eigenvalue weighted by atomic mass is 10.1. The quantitative estimate of drug-likeness (QED) is 0.764. The zero-order valence-electron chi connectivity index (χ0n) is 11.8. The second-order valence-corrected chi connectivity index (χ2v) is 4.65. The van der Waals surface area contributed by atoms with Crippen LogP contribution in [-0.4, -0.2) is 29.6 Å². The fourth-order valence-electron chi connectivity index (χ4n) is 1.63. The van der Waals surface area contributed by atoms with Crippen molar-refractivity contribution in [3.05, 3.63) is 30.3 Å². The van der Waals surface area contributed by atoms with Crippen LogP contribution in [0.2, 0.25) is 0 Å². The van der Waals surface area contributed by atoms with Crippen molar-refractivity contribution < 1.29 is 19.4 Å². The maximum Gasteiger partial charge on any atom is 0.306 e. The first-order valence-corrected chi connectivity index (χ1v) is 6.76. The molecular weight excluding hydrogens is 258 g/mol. The van der Waals surface area contributed by atoms with Crippen molar-refractivity contribution in [1.29, 1.82) is 0 Å². The third kappa shape index (κ3) is 5.30. The van der Waals surface area contributed by atoms with Crippen LogP contribution < -0.4 is 10.1 Å². The predicted octanol–water partition coefficient (Wildman–Crippen LogP) is 2.07. The second kappa shape index (κ2) is 8.19. The molecule has 0 aliphatic heterocycles. The van der Waals surface area contributed by atoms with E-state index in [4.69, 9.17) is 9.84 Å². The van der Waals surface area contributed by atoms with E-state index in [-0.39, 0.29) is 5.91 Å². The number of rotatable bonds is 8. The van der Waals surface area contributed by atoms with Crippen molar-refractivity contribution >= 4 is 11.9 Å². The van der Waals surface area contributed by atoms with Crippen LogP contribution in [0, 0.1) is 5.92 Å². The number of ether oxygens (including phenoxy) is 1. The fourth-order valence-corrected chi connectivity index (χ4v) is 1.63. The van der Waals surface area contributed by atoms with E-state index in [9.17, 15) is 9.59 Å². The Morgan fingerprint density at radius 1 is 1.30 bits per heavy atom. The van der Waals surface area contributed by atoms with Crippen LogP contribution in [0.1, 0.15) is 26.7 Å². The molecule has 0 aromatic heterocycles. The molecule has 0 heterocycles. The molecule has 0 spiro atoms. The summed E-state index contributed by atoms with van der Waals surface area (Å²) in [6.45, 7) is 3.82. The van der Waals surface area contributed by atoms with E-state index in [0.717, 1.165) is 0 Å². The van der Waals surface area contributed by atoms with Gasteiger partial charge in [-0.05, 0) is 25.0 Å². The number of para-hydroxylation sites is 1. The van der Waals surface area contributed by atoms with E-state index >= 15 is 0 Å². The van der Waals surface area contributed by atoms with Gasteiger partial charge >= 0.3 is 5.97 Å².